The van der Waals surface area contributed by atoms with Crippen molar-refractivity contribution in [1.82, 2.24) is 9.62 Å². The quantitative estimate of drug-likeness (QED) is 0.591. The van der Waals surface area contributed by atoms with Gasteiger partial charge in [0.25, 0.3) is 0 Å². The molecule has 0 aliphatic rings. The second kappa shape index (κ2) is 8.85. The van der Waals surface area contributed by atoms with E-state index in [4.69, 9.17) is 4.74 Å². The van der Waals surface area contributed by atoms with E-state index in [1.807, 2.05) is 20.9 Å². The smallest absolute Gasteiger partial charge is 0.213 e. The minimum atomic E-state index is -3.11. The van der Waals surface area contributed by atoms with Crippen molar-refractivity contribution in [1.29, 1.82) is 0 Å². The topological polar surface area (TPSA) is 58.6 Å². The maximum absolute atomic E-state index is 11.8. The van der Waals surface area contributed by atoms with Crippen molar-refractivity contribution in [2.75, 3.05) is 39.5 Å². The predicted molar refractivity (Wildman–Crippen MR) is 70.7 cm³/mol. The van der Waals surface area contributed by atoms with Crippen molar-refractivity contribution in [3.8, 4) is 0 Å². The lowest BCUT2D eigenvalue weighted by molar-refractivity contribution is 0.0737. The number of sulfonamides is 1. The molecule has 0 aliphatic heterocycles. The van der Waals surface area contributed by atoms with E-state index < -0.39 is 10.0 Å². The Labute approximate surface area is 106 Å². The highest BCUT2D eigenvalue weighted by molar-refractivity contribution is 7.89. The van der Waals surface area contributed by atoms with Gasteiger partial charge >= 0.3 is 0 Å². The summed E-state index contributed by atoms with van der Waals surface area (Å²) in [5, 5.41) is 3.00. The van der Waals surface area contributed by atoms with Crippen LogP contribution < -0.4 is 5.32 Å². The van der Waals surface area contributed by atoms with E-state index >= 15 is 0 Å². The van der Waals surface area contributed by atoms with E-state index in [0.29, 0.717) is 19.6 Å². The Morgan fingerprint density at radius 3 is 2.47 bits per heavy atom. The summed E-state index contributed by atoms with van der Waals surface area (Å²) in [6.45, 7) is 5.60. The lowest BCUT2D eigenvalue weighted by Crippen LogP contribution is -2.32. The van der Waals surface area contributed by atoms with Gasteiger partial charge in [0, 0.05) is 13.6 Å². The van der Waals surface area contributed by atoms with Gasteiger partial charge in [0.2, 0.25) is 10.0 Å². The zero-order valence-electron chi connectivity index (χ0n) is 11.4. The highest BCUT2D eigenvalue weighted by atomic mass is 32.2. The molecule has 0 amide bonds. The van der Waals surface area contributed by atoms with Crippen molar-refractivity contribution in [2.45, 2.75) is 32.8 Å². The Hall–Kier alpha value is -0.170. The van der Waals surface area contributed by atoms with Gasteiger partial charge in [-0.25, -0.2) is 12.7 Å². The number of hydrogen-bond acceptors (Lipinski definition) is 4. The summed E-state index contributed by atoms with van der Waals surface area (Å²) in [6, 6.07) is 0. The number of unbranched alkanes of at least 4 members (excludes halogenated alkanes) is 1. The van der Waals surface area contributed by atoms with E-state index in [2.05, 4.69) is 5.32 Å². The number of rotatable bonds is 10. The maximum atomic E-state index is 11.8. The molecule has 0 saturated carbocycles. The first kappa shape index (κ1) is 16.8. The molecule has 0 aromatic rings. The zero-order chi connectivity index (χ0) is 13.3. The molecule has 17 heavy (non-hydrogen) atoms. The van der Waals surface area contributed by atoms with Crippen LogP contribution in [0.15, 0.2) is 0 Å². The molecule has 0 aromatic carbocycles. The minimum Gasteiger partial charge on any atom is -0.377 e. The van der Waals surface area contributed by atoms with E-state index in [1.54, 1.807) is 7.05 Å². The van der Waals surface area contributed by atoms with E-state index in [-0.39, 0.29) is 11.9 Å². The Morgan fingerprint density at radius 2 is 1.94 bits per heavy atom. The Bertz CT molecular complexity index is 278. The lowest BCUT2D eigenvalue weighted by atomic mass is 10.3. The average molecular weight is 266 g/mol. The normalized spacial score (nSPS) is 12.6. The number of nitrogens with zero attached hydrogens (tertiary/aromatic N) is 1. The van der Waals surface area contributed by atoms with Crippen molar-refractivity contribution in [3.63, 3.8) is 0 Å². The summed E-state index contributed by atoms with van der Waals surface area (Å²) in [4.78, 5) is 0. The summed E-state index contributed by atoms with van der Waals surface area (Å²) < 4.78 is 30.4. The summed E-state index contributed by atoms with van der Waals surface area (Å²) >= 11 is 0. The molecule has 0 rings (SSSR count). The molecule has 0 heterocycles. The molecule has 6 heteroatoms. The molecular weight excluding hydrogens is 240 g/mol. The lowest BCUT2D eigenvalue weighted by Gasteiger charge is -2.17. The third-order valence-electron chi connectivity index (χ3n) is 2.41. The average Bonchev–Trinajstić information content (AvgIpc) is 2.23. The van der Waals surface area contributed by atoms with E-state index in [0.717, 1.165) is 13.0 Å². The summed E-state index contributed by atoms with van der Waals surface area (Å²) in [5.41, 5.74) is 0. The van der Waals surface area contributed by atoms with Crippen LogP contribution in [0.5, 0.6) is 0 Å². The fourth-order valence-electron chi connectivity index (χ4n) is 1.30. The van der Waals surface area contributed by atoms with Gasteiger partial charge in [-0.05, 0) is 40.3 Å². The van der Waals surface area contributed by atoms with Crippen LogP contribution >= 0.6 is 0 Å². The Morgan fingerprint density at radius 1 is 1.29 bits per heavy atom. The highest BCUT2D eigenvalue weighted by Crippen LogP contribution is 2.02. The van der Waals surface area contributed by atoms with Gasteiger partial charge in [0.15, 0.2) is 0 Å². The first-order valence-electron chi connectivity index (χ1n) is 6.10. The maximum Gasteiger partial charge on any atom is 0.213 e. The molecule has 0 saturated heterocycles. The van der Waals surface area contributed by atoms with Gasteiger partial charge in [-0.3, -0.25) is 0 Å². The molecule has 0 spiro atoms. The van der Waals surface area contributed by atoms with Crippen LogP contribution in [0.4, 0.5) is 0 Å². The number of nitrogens with one attached hydrogen (secondary N) is 1. The third kappa shape index (κ3) is 8.54. The first-order valence-corrected chi connectivity index (χ1v) is 7.71. The molecule has 5 nitrogen and oxygen atoms in total. The van der Waals surface area contributed by atoms with E-state index in [9.17, 15) is 8.42 Å². The molecule has 104 valence electrons. The molecule has 0 fully saturated rings. The van der Waals surface area contributed by atoms with Crippen molar-refractivity contribution >= 4 is 10.0 Å². The van der Waals surface area contributed by atoms with Crippen LogP contribution in [-0.2, 0) is 14.8 Å². The van der Waals surface area contributed by atoms with Crippen LogP contribution in [-0.4, -0.2) is 58.4 Å². The van der Waals surface area contributed by atoms with Crippen LogP contribution in [0.1, 0.15) is 26.7 Å². The van der Waals surface area contributed by atoms with Crippen molar-refractivity contribution in [2.24, 2.45) is 0 Å². The SMILES string of the molecule is CNCCCCS(=O)(=O)N(C)CCOC(C)C. The molecule has 0 radical (unpaired) electrons. The van der Waals surface area contributed by atoms with Crippen molar-refractivity contribution < 1.29 is 13.2 Å². The van der Waals surface area contributed by atoms with Crippen LogP contribution in [0, 0.1) is 0 Å². The van der Waals surface area contributed by atoms with Gasteiger partial charge in [0.1, 0.15) is 0 Å². The van der Waals surface area contributed by atoms with Gasteiger partial charge in [-0.15, -0.1) is 0 Å². The van der Waals surface area contributed by atoms with Gasteiger partial charge in [0.05, 0.1) is 18.5 Å². The molecule has 0 aliphatic carbocycles. The van der Waals surface area contributed by atoms with Crippen LogP contribution in [0.2, 0.25) is 0 Å². The Kier molecular flexibility index (Phi) is 8.77. The Balaban J connectivity index is 3.86. The zero-order valence-corrected chi connectivity index (χ0v) is 12.2. The van der Waals surface area contributed by atoms with Gasteiger partial charge in [-0.2, -0.15) is 0 Å². The fraction of sp³-hybridized carbons (Fsp3) is 1.00. The largest absolute Gasteiger partial charge is 0.377 e. The van der Waals surface area contributed by atoms with E-state index in [1.165, 1.54) is 4.31 Å². The number of ether oxygens (including phenoxy) is 1. The molecule has 0 bridgehead atoms. The second-order valence-electron chi connectivity index (χ2n) is 4.37. The molecular formula is C11H26N2O3S. The minimum absolute atomic E-state index is 0.140. The standard InChI is InChI=1S/C11H26N2O3S/c1-11(2)16-9-8-13(4)17(14,15)10-6-5-7-12-3/h11-12H,5-10H2,1-4H3. The first-order chi connectivity index (χ1) is 7.90. The van der Waals surface area contributed by atoms with Gasteiger partial charge in [-0.1, -0.05) is 0 Å². The third-order valence-corrected chi connectivity index (χ3v) is 4.35. The van der Waals surface area contributed by atoms with Crippen molar-refractivity contribution in [3.05, 3.63) is 0 Å². The predicted octanol–water partition coefficient (Wildman–Crippen LogP) is 0.673. The summed E-state index contributed by atoms with van der Waals surface area (Å²) in [7, 11) is 0.360. The molecule has 1 N–H and O–H groups in total. The summed E-state index contributed by atoms with van der Waals surface area (Å²) in [6.07, 6.45) is 1.71. The second-order valence-corrected chi connectivity index (χ2v) is 6.56. The molecule has 0 aromatic heterocycles. The highest BCUT2D eigenvalue weighted by Gasteiger charge is 2.16. The monoisotopic (exact) mass is 266 g/mol. The molecule has 0 atom stereocenters. The summed E-state index contributed by atoms with van der Waals surface area (Å²) in [5.74, 6) is 0.215. The number of likely N-dealkylation sites (N-methyl/N-ethyl adjacent to an activating group) is 1. The van der Waals surface area contributed by atoms with Gasteiger partial charge < -0.3 is 10.1 Å². The number of hydrogen-bond donors (Lipinski definition) is 1. The molecule has 0 unspecified atom stereocenters. The fourth-order valence-corrected chi connectivity index (χ4v) is 2.53. The van der Waals surface area contributed by atoms with Crippen LogP contribution in [0.25, 0.3) is 0 Å². The van der Waals surface area contributed by atoms with Crippen LogP contribution in [0.3, 0.4) is 0 Å².